The number of aliphatic hydroxyl groups is 1. The lowest BCUT2D eigenvalue weighted by atomic mass is 10.4. The lowest BCUT2D eigenvalue weighted by Gasteiger charge is -2.22. The standard InChI is InChI=1S/C7H13F3O3/c1-3-12-5(2)13-6(4-11)7(8,9)10/h5-6,11H,3-4H2,1-2H3. The van der Waals surface area contributed by atoms with Gasteiger partial charge in [-0.3, -0.25) is 0 Å². The molecule has 0 fully saturated rings. The van der Waals surface area contributed by atoms with E-state index in [1.165, 1.54) is 6.92 Å². The van der Waals surface area contributed by atoms with Crippen molar-refractivity contribution in [1.82, 2.24) is 0 Å². The van der Waals surface area contributed by atoms with Gasteiger partial charge in [0, 0.05) is 6.61 Å². The van der Waals surface area contributed by atoms with Crippen LogP contribution in [0.15, 0.2) is 0 Å². The molecule has 0 rings (SSSR count). The maximum atomic E-state index is 12.0. The van der Waals surface area contributed by atoms with E-state index in [0.717, 1.165) is 0 Å². The van der Waals surface area contributed by atoms with Gasteiger partial charge in [-0.05, 0) is 13.8 Å². The Morgan fingerprint density at radius 1 is 1.38 bits per heavy atom. The van der Waals surface area contributed by atoms with Gasteiger partial charge < -0.3 is 14.6 Å². The first kappa shape index (κ1) is 12.7. The third-order valence-electron chi connectivity index (χ3n) is 1.29. The van der Waals surface area contributed by atoms with Crippen LogP contribution in [0.2, 0.25) is 0 Å². The summed E-state index contributed by atoms with van der Waals surface area (Å²) in [5.74, 6) is 0. The van der Waals surface area contributed by atoms with E-state index >= 15 is 0 Å². The molecule has 0 aliphatic rings. The summed E-state index contributed by atoms with van der Waals surface area (Å²) in [5.41, 5.74) is 0. The summed E-state index contributed by atoms with van der Waals surface area (Å²) < 4.78 is 45.1. The Balaban J connectivity index is 3.98. The van der Waals surface area contributed by atoms with Crippen molar-refractivity contribution in [2.75, 3.05) is 13.2 Å². The first-order valence-electron chi connectivity index (χ1n) is 3.86. The van der Waals surface area contributed by atoms with Gasteiger partial charge in [0.1, 0.15) is 0 Å². The predicted molar refractivity (Wildman–Crippen MR) is 39.1 cm³/mol. The van der Waals surface area contributed by atoms with Gasteiger partial charge in [0.15, 0.2) is 12.4 Å². The van der Waals surface area contributed by atoms with Crippen molar-refractivity contribution < 1.29 is 27.8 Å². The SMILES string of the molecule is CCOC(C)OC(CO)C(F)(F)F. The minimum absolute atomic E-state index is 0.261. The summed E-state index contributed by atoms with van der Waals surface area (Å²) in [5, 5.41) is 8.38. The van der Waals surface area contributed by atoms with Crippen LogP contribution in [-0.4, -0.2) is 36.9 Å². The average molecular weight is 202 g/mol. The van der Waals surface area contributed by atoms with Gasteiger partial charge >= 0.3 is 6.18 Å². The van der Waals surface area contributed by atoms with Crippen LogP contribution in [0, 0.1) is 0 Å². The van der Waals surface area contributed by atoms with Gasteiger partial charge in [0.25, 0.3) is 0 Å². The van der Waals surface area contributed by atoms with Crippen LogP contribution >= 0.6 is 0 Å². The Hall–Kier alpha value is -0.330. The van der Waals surface area contributed by atoms with Gasteiger partial charge in [0.05, 0.1) is 6.61 Å². The van der Waals surface area contributed by atoms with Crippen molar-refractivity contribution in [3.8, 4) is 0 Å². The summed E-state index contributed by atoms with van der Waals surface area (Å²) in [7, 11) is 0. The number of hydrogen-bond acceptors (Lipinski definition) is 3. The molecule has 0 radical (unpaired) electrons. The molecular formula is C7H13F3O3. The van der Waals surface area contributed by atoms with Crippen molar-refractivity contribution in [2.24, 2.45) is 0 Å². The smallest absolute Gasteiger partial charge is 0.393 e. The largest absolute Gasteiger partial charge is 0.417 e. The molecule has 0 aromatic heterocycles. The van der Waals surface area contributed by atoms with Crippen LogP contribution in [0.25, 0.3) is 0 Å². The molecular weight excluding hydrogens is 189 g/mol. The van der Waals surface area contributed by atoms with Crippen molar-refractivity contribution in [3.05, 3.63) is 0 Å². The normalized spacial score (nSPS) is 17.1. The fraction of sp³-hybridized carbons (Fsp3) is 1.00. The van der Waals surface area contributed by atoms with E-state index in [1.807, 2.05) is 0 Å². The molecule has 3 nitrogen and oxygen atoms in total. The van der Waals surface area contributed by atoms with Gasteiger partial charge in [-0.2, -0.15) is 13.2 Å². The van der Waals surface area contributed by atoms with Gasteiger partial charge in [-0.1, -0.05) is 0 Å². The molecule has 13 heavy (non-hydrogen) atoms. The van der Waals surface area contributed by atoms with E-state index in [-0.39, 0.29) is 6.61 Å². The van der Waals surface area contributed by atoms with Crippen molar-refractivity contribution >= 4 is 0 Å². The number of halogens is 3. The zero-order valence-electron chi connectivity index (χ0n) is 7.47. The quantitative estimate of drug-likeness (QED) is 0.683. The number of hydrogen-bond donors (Lipinski definition) is 1. The van der Waals surface area contributed by atoms with Gasteiger partial charge in [0.2, 0.25) is 0 Å². The first-order chi connectivity index (χ1) is 5.91. The molecule has 0 aliphatic carbocycles. The van der Waals surface area contributed by atoms with E-state index in [4.69, 9.17) is 9.84 Å². The second-order valence-electron chi connectivity index (χ2n) is 2.37. The molecule has 0 aromatic rings. The highest BCUT2D eigenvalue weighted by atomic mass is 19.4. The molecule has 0 bridgehead atoms. The highest BCUT2D eigenvalue weighted by molar-refractivity contribution is 4.65. The third-order valence-corrected chi connectivity index (χ3v) is 1.29. The van der Waals surface area contributed by atoms with E-state index in [0.29, 0.717) is 0 Å². The molecule has 0 saturated carbocycles. The molecule has 0 heterocycles. The fourth-order valence-electron chi connectivity index (χ4n) is 0.729. The topological polar surface area (TPSA) is 38.7 Å². The minimum atomic E-state index is -4.56. The molecule has 0 saturated heterocycles. The summed E-state index contributed by atoms with van der Waals surface area (Å²) in [6.07, 6.45) is -7.70. The molecule has 0 aromatic carbocycles. The Labute approximate surface area is 74.4 Å². The molecule has 0 aliphatic heterocycles. The van der Waals surface area contributed by atoms with Crippen molar-refractivity contribution in [1.29, 1.82) is 0 Å². The Morgan fingerprint density at radius 2 is 1.92 bits per heavy atom. The number of aliphatic hydroxyl groups excluding tert-OH is 1. The van der Waals surface area contributed by atoms with Crippen LogP contribution in [0.4, 0.5) is 13.2 Å². The van der Waals surface area contributed by atoms with Gasteiger partial charge in [-0.15, -0.1) is 0 Å². The van der Waals surface area contributed by atoms with E-state index in [2.05, 4.69) is 4.74 Å². The lowest BCUT2D eigenvalue weighted by Crippen LogP contribution is -2.38. The van der Waals surface area contributed by atoms with Crippen LogP contribution in [-0.2, 0) is 9.47 Å². The Kier molecular flexibility index (Phi) is 5.27. The minimum Gasteiger partial charge on any atom is -0.393 e. The summed E-state index contributed by atoms with van der Waals surface area (Å²) in [6.45, 7) is 2.15. The van der Waals surface area contributed by atoms with Crippen LogP contribution < -0.4 is 0 Å². The summed E-state index contributed by atoms with van der Waals surface area (Å²) >= 11 is 0. The summed E-state index contributed by atoms with van der Waals surface area (Å²) in [6, 6.07) is 0. The molecule has 6 heteroatoms. The molecule has 80 valence electrons. The third kappa shape index (κ3) is 5.07. The predicted octanol–water partition coefficient (Wildman–Crippen LogP) is 1.31. The van der Waals surface area contributed by atoms with Crippen molar-refractivity contribution in [3.63, 3.8) is 0 Å². The van der Waals surface area contributed by atoms with E-state index < -0.39 is 25.2 Å². The van der Waals surface area contributed by atoms with Gasteiger partial charge in [-0.25, -0.2) is 0 Å². The maximum absolute atomic E-state index is 12.0. The van der Waals surface area contributed by atoms with Crippen LogP contribution in [0.1, 0.15) is 13.8 Å². The van der Waals surface area contributed by atoms with E-state index in [9.17, 15) is 13.2 Å². The molecule has 0 spiro atoms. The second-order valence-corrected chi connectivity index (χ2v) is 2.37. The first-order valence-corrected chi connectivity index (χ1v) is 3.86. The number of ether oxygens (including phenoxy) is 2. The Morgan fingerprint density at radius 3 is 2.23 bits per heavy atom. The molecule has 1 N–H and O–H groups in total. The van der Waals surface area contributed by atoms with Crippen molar-refractivity contribution in [2.45, 2.75) is 32.4 Å². The zero-order valence-corrected chi connectivity index (χ0v) is 7.47. The average Bonchev–Trinajstić information content (AvgIpc) is 1.98. The lowest BCUT2D eigenvalue weighted by molar-refractivity contribution is -0.274. The molecule has 0 amide bonds. The number of rotatable bonds is 5. The fourth-order valence-corrected chi connectivity index (χ4v) is 0.729. The van der Waals surface area contributed by atoms with Crippen LogP contribution in [0.3, 0.4) is 0 Å². The molecule has 2 atom stereocenters. The number of alkyl halides is 3. The Bertz CT molecular complexity index is 137. The molecule has 2 unspecified atom stereocenters. The summed E-state index contributed by atoms with van der Waals surface area (Å²) in [4.78, 5) is 0. The maximum Gasteiger partial charge on any atom is 0.417 e. The highest BCUT2D eigenvalue weighted by Gasteiger charge is 2.41. The van der Waals surface area contributed by atoms with Crippen LogP contribution in [0.5, 0.6) is 0 Å². The van der Waals surface area contributed by atoms with E-state index in [1.54, 1.807) is 6.92 Å². The monoisotopic (exact) mass is 202 g/mol. The second kappa shape index (κ2) is 5.41. The highest BCUT2D eigenvalue weighted by Crippen LogP contribution is 2.23. The zero-order chi connectivity index (χ0) is 10.5.